The molecule has 0 aliphatic heterocycles. The van der Waals surface area contributed by atoms with Gasteiger partial charge in [-0.3, -0.25) is 0 Å². The molecular formula is C16H22N4O3S. The maximum Gasteiger partial charge on any atom is 0.243 e. The minimum Gasteiger partial charge on any atom is -0.494 e. The molecule has 1 aliphatic rings. The van der Waals surface area contributed by atoms with Crippen molar-refractivity contribution in [2.24, 2.45) is 5.73 Å². The predicted molar refractivity (Wildman–Crippen MR) is 90.7 cm³/mol. The number of methoxy groups -OCH3 is 1. The van der Waals surface area contributed by atoms with Gasteiger partial charge in [0.2, 0.25) is 10.0 Å². The van der Waals surface area contributed by atoms with Crippen molar-refractivity contribution in [2.45, 2.75) is 42.7 Å². The largest absolute Gasteiger partial charge is 0.494 e. The lowest BCUT2D eigenvalue weighted by Gasteiger charge is -2.26. The van der Waals surface area contributed by atoms with Gasteiger partial charge in [-0.05, 0) is 37.8 Å². The average molecular weight is 350 g/mol. The maximum absolute atomic E-state index is 12.6. The summed E-state index contributed by atoms with van der Waals surface area (Å²) in [4.78, 5) is 0.142. The summed E-state index contributed by atoms with van der Waals surface area (Å²) in [6.07, 6.45) is 6.06. The molecule has 1 aromatic heterocycles. The lowest BCUT2D eigenvalue weighted by molar-refractivity contribution is 0.373. The zero-order valence-electron chi connectivity index (χ0n) is 13.6. The van der Waals surface area contributed by atoms with Crippen molar-refractivity contribution in [3.8, 4) is 11.4 Å². The molecule has 0 amide bonds. The molecule has 3 N–H and O–H groups in total. The fourth-order valence-electron chi connectivity index (χ4n) is 2.92. The van der Waals surface area contributed by atoms with Crippen molar-refractivity contribution < 1.29 is 13.2 Å². The molecule has 0 atom stereocenters. The Balaban J connectivity index is 1.79. The lowest BCUT2D eigenvalue weighted by atomic mass is 9.93. The van der Waals surface area contributed by atoms with Crippen molar-refractivity contribution >= 4 is 10.0 Å². The second kappa shape index (κ2) is 6.92. The fourth-order valence-corrected chi connectivity index (χ4v) is 4.16. The van der Waals surface area contributed by atoms with Crippen LogP contribution in [0.15, 0.2) is 41.6 Å². The summed E-state index contributed by atoms with van der Waals surface area (Å²) < 4.78 is 34.7. The summed E-state index contributed by atoms with van der Waals surface area (Å²) in [6.45, 7) is 0. The van der Waals surface area contributed by atoms with Crippen molar-refractivity contribution in [1.29, 1.82) is 0 Å². The minimum absolute atomic E-state index is 0.0654. The third kappa shape index (κ3) is 3.61. The molecule has 0 unspecified atom stereocenters. The van der Waals surface area contributed by atoms with Gasteiger partial charge in [0.25, 0.3) is 0 Å². The number of aromatic nitrogens is 2. The third-order valence-electron chi connectivity index (χ3n) is 4.29. The van der Waals surface area contributed by atoms with E-state index in [1.807, 2.05) is 18.2 Å². The van der Waals surface area contributed by atoms with Crippen LogP contribution < -0.4 is 15.2 Å². The summed E-state index contributed by atoms with van der Waals surface area (Å²) in [5.41, 5.74) is 6.55. The van der Waals surface area contributed by atoms with Crippen LogP contribution in [-0.2, 0) is 10.0 Å². The van der Waals surface area contributed by atoms with Gasteiger partial charge >= 0.3 is 0 Å². The van der Waals surface area contributed by atoms with Gasteiger partial charge in [0.05, 0.1) is 19.5 Å². The molecule has 7 nitrogen and oxygen atoms in total. The van der Waals surface area contributed by atoms with Gasteiger partial charge in [-0.1, -0.05) is 12.1 Å². The van der Waals surface area contributed by atoms with Crippen LogP contribution in [0.1, 0.15) is 25.7 Å². The van der Waals surface area contributed by atoms with Crippen LogP contribution in [-0.4, -0.2) is 37.4 Å². The van der Waals surface area contributed by atoms with E-state index in [0.717, 1.165) is 25.7 Å². The predicted octanol–water partition coefficient (Wildman–Crippen LogP) is 1.43. The summed E-state index contributed by atoms with van der Waals surface area (Å²) in [7, 11) is -2.03. The molecule has 0 radical (unpaired) electrons. The van der Waals surface area contributed by atoms with Crippen LogP contribution in [0.4, 0.5) is 0 Å². The van der Waals surface area contributed by atoms with Crippen LogP contribution in [0, 0.1) is 0 Å². The van der Waals surface area contributed by atoms with E-state index < -0.39 is 10.0 Å². The Morgan fingerprint density at radius 3 is 2.67 bits per heavy atom. The second-order valence-electron chi connectivity index (χ2n) is 6.03. The average Bonchev–Trinajstić information content (AvgIpc) is 3.07. The van der Waals surface area contributed by atoms with E-state index in [2.05, 4.69) is 9.82 Å². The van der Waals surface area contributed by atoms with E-state index in [-0.39, 0.29) is 17.0 Å². The highest BCUT2D eigenvalue weighted by Gasteiger charge is 2.25. The molecule has 24 heavy (non-hydrogen) atoms. The van der Waals surface area contributed by atoms with Gasteiger partial charge in [-0.25, -0.2) is 17.8 Å². The SMILES string of the molecule is COc1ccccc1-n1cc(S(=O)(=O)NC2CCC(N)CC2)cn1. The number of nitrogens with two attached hydrogens (primary N) is 1. The fraction of sp³-hybridized carbons (Fsp3) is 0.438. The Labute approximate surface area is 141 Å². The van der Waals surface area contributed by atoms with Crippen molar-refractivity contribution in [3.05, 3.63) is 36.7 Å². The number of ether oxygens (including phenoxy) is 1. The Morgan fingerprint density at radius 1 is 1.25 bits per heavy atom. The smallest absolute Gasteiger partial charge is 0.243 e. The molecule has 8 heteroatoms. The molecule has 0 saturated heterocycles. The number of para-hydroxylation sites is 2. The normalized spacial score (nSPS) is 21.6. The first-order valence-electron chi connectivity index (χ1n) is 7.95. The Bertz CT molecular complexity index is 795. The van der Waals surface area contributed by atoms with E-state index >= 15 is 0 Å². The third-order valence-corrected chi connectivity index (χ3v) is 5.77. The van der Waals surface area contributed by atoms with E-state index in [0.29, 0.717) is 11.4 Å². The van der Waals surface area contributed by atoms with Gasteiger partial charge in [0.15, 0.2) is 0 Å². The summed E-state index contributed by atoms with van der Waals surface area (Å²) >= 11 is 0. The number of sulfonamides is 1. The molecule has 3 rings (SSSR count). The summed E-state index contributed by atoms with van der Waals surface area (Å²) in [6, 6.07) is 7.42. The number of rotatable bonds is 5. The van der Waals surface area contributed by atoms with Gasteiger partial charge in [-0.15, -0.1) is 0 Å². The molecule has 2 aromatic rings. The number of nitrogens with zero attached hydrogens (tertiary/aromatic N) is 2. The van der Waals surface area contributed by atoms with Crippen LogP contribution in [0.25, 0.3) is 5.69 Å². The van der Waals surface area contributed by atoms with E-state index in [1.165, 1.54) is 17.1 Å². The first kappa shape index (κ1) is 16.9. The lowest BCUT2D eigenvalue weighted by Crippen LogP contribution is -2.40. The standard InChI is InChI=1S/C16H22N4O3S/c1-23-16-5-3-2-4-15(16)20-11-14(10-18-20)24(21,22)19-13-8-6-12(17)7-9-13/h2-5,10-13,19H,6-9,17H2,1H3. The van der Waals surface area contributed by atoms with E-state index in [4.69, 9.17) is 10.5 Å². The number of hydrogen-bond donors (Lipinski definition) is 2. The molecule has 1 aromatic carbocycles. The molecular weight excluding hydrogens is 328 g/mol. The van der Waals surface area contributed by atoms with Crippen LogP contribution in [0.2, 0.25) is 0 Å². The number of nitrogens with one attached hydrogen (secondary N) is 1. The summed E-state index contributed by atoms with van der Waals surface area (Å²) in [5.74, 6) is 0.624. The Morgan fingerprint density at radius 2 is 1.96 bits per heavy atom. The zero-order valence-corrected chi connectivity index (χ0v) is 14.4. The quantitative estimate of drug-likeness (QED) is 0.850. The van der Waals surface area contributed by atoms with Gasteiger partial charge < -0.3 is 10.5 Å². The van der Waals surface area contributed by atoms with Crippen LogP contribution >= 0.6 is 0 Å². The highest BCUT2D eigenvalue weighted by atomic mass is 32.2. The van der Waals surface area contributed by atoms with Gasteiger partial charge in [0.1, 0.15) is 16.3 Å². The van der Waals surface area contributed by atoms with Gasteiger partial charge in [-0.2, -0.15) is 5.10 Å². The highest BCUT2D eigenvalue weighted by molar-refractivity contribution is 7.89. The summed E-state index contributed by atoms with van der Waals surface area (Å²) in [5, 5.41) is 4.16. The number of hydrogen-bond acceptors (Lipinski definition) is 5. The van der Waals surface area contributed by atoms with E-state index in [9.17, 15) is 8.42 Å². The Hall–Kier alpha value is -1.90. The maximum atomic E-state index is 12.6. The monoisotopic (exact) mass is 350 g/mol. The van der Waals surface area contributed by atoms with Crippen LogP contribution in [0.5, 0.6) is 5.75 Å². The minimum atomic E-state index is -3.60. The number of benzene rings is 1. The second-order valence-corrected chi connectivity index (χ2v) is 7.74. The Kier molecular flexibility index (Phi) is 4.88. The van der Waals surface area contributed by atoms with Crippen molar-refractivity contribution in [1.82, 2.24) is 14.5 Å². The first-order chi connectivity index (χ1) is 11.5. The molecule has 1 fully saturated rings. The zero-order chi connectivity index (χ0) is 17.2. The molecule has 1 saturated carbocycles. The van der Waals surface area contributed by atoms with E-state index in [1.54, 1.807) is 13.2 Å². The molecule has 0 spiro atoms. The molecule has 130 valence electrons. The topological polar surface area (TPSA) is 99.2 Å². The molecule has 1 heterocycles. The van der Waals surface area contributed by atoms with Crippen molar-refractivity contribution in [3.63, 3.8) is 0 Å². The highest BCUT2D eigenvalue weighted by Crippen LogP contribution is 2.23. The van der Waals surface area contributed by atoms with Gasteiger partial charge in [0, 0.05) is 12.1 Å². The molecule has 1 aliphatic carbocycles. The van der Waals surface area contributed by atoms with Crippen molar-refractivity contribution in [2.75, 3.05) is 7.11 Å². The van der Waals surface area contributed by atoms with Crippen LogP contribution in [0.3, 0.4) is 0 Å². The molecule has 0 bridgehead atoms. The first-order valence-corrected chi connectivity index (χ1v) is 9.44.